The van der Waals surface area contributed by atoms with E-state index in [0.29, 0.717) is 25.3 Å². The molecule has 0 aliphatic carbocycles. The van der Waals surface area contributed by atoms with Gasteiger partial charge >= 0.3 is 0 Å². The van der Waals surface area contributed by atoms with Gasteiger partial charge in [0.25, 0.3) is 0 Å². The first-order valence-corrected chi connectivity index (χ1v) is 8.16. The first-order chi connectivity index (χ1) is 12.3. The average molecular weight is 333 g/mol. The Morgan fingerprint density at radius 3 is 2.08 bits per heavy atom. The molecule has 0 N–H and O–H groups in total. The summed E-state index contributed by atoms with van der Waals surface area (Å²) in [4.78, 5) is 10.8. The summed E-state index contributed by atoms with van der Waals surface area (Å²) in [5.74, 6) is 1.57. The molecule has 25 heavy (non-hydrogen) atoms. The van der Waals surface area contributed by atoms with Crippen molar-refractivity contribution in [1.29, 1.82) is 0 Å². The second-order valence-electron chi connectivity index (χ2n) is 5.56. The molecule has 0 aliphatic heterocycles. The molecule has 4 nitrogen and oxygen atoms in total. The maximum absolute atomic E-state index is 10.8. The molecule has 0 radical (unpaired) electrons. The Morgan fingerprint density at radius 2 is 1.36 bits per heavy atom. The second-order valence-corrected chi connectivity index (χ2v) is 5.56. The summed E-state index contributed by atoms with van der Waals surface area (Å²) in [6.45, 7) is 1.02. The summed E-state index contributed by atoms with van der Waals surface area (Å²) < 4.78 is 11.5. The fourth-order valence-corrected chi connectivity index (χ4v) is 2.46. The minimum atomic E-state index is 0.468. The van der Waals surface area contributed by atoms with E-state index < -0.39 is 0 Å². The number of nitroso groups, excluding NO2 is 1. The number of hydrogen-bond donors (Lipinski definition) is 0. The summed E-state index contributed by atoms with van der Waals surface area (Å²) in [6, 6.07) is 24.9. The molecule has 4 heteroatoms. The lowest BCUT2D eigenvalue weighted by Gasteiger charge is -2.09. The van der Waals surface area contributed by atoms with Gasteiger partial charge in [-0.25, -0.2) is 0 Å². The van der Waals surface area contributed by atoms with Gasteiger partial charge in [0.05, 0.1) is 6.61 Å². The van der Waals surface area contributed by atoms with Gasteiger partial charge in [0.15, 0.2) is 0 Å². The minimum Gasteiger partial charge on any atom is -0.493 e. The Labute approximate surface area is 147 Å². The first kappa shape index (κ1) is 16.7. The number of benzene rings is 3. The van der Waals surface area contributed by atoms with E-state index in [0.717, 1.165) is 22.6 Å². The van der Waals surface area contributed by atoms with Gasteiger partial charge < -0.3 is 9.47 Å². The van der Waals surface area contributed by atoms with Crippen LogP contribution in [0.5, 0.6) is 11.5 Å². The number of nitrogens with zero attached hydrogens (tertiary/aromatic N) is 1. The van der Waals surface area contributed by atoms with Crippen molar-refractivity contribution in [3.05, 3.63) is 94.9 Å². The second kappa shape index (κ2) is 8.64. The molecule has 3 aromatic carbocycles. The topological polar surface area (TPSA) is 47.9 Å². The number of rotatable bonds is 8. The third-order valence-corrected chi connectivity index (χ3v) is 3.80. The average Bonchev–Trinajstić information content (AvgIpc) is 2.68. The summed E-state index contributed by atoms with van der Waals surface area (Å²) in [6.07, 6.45) is 0.633. The van der Waals surface area contributed by atoms with E-state index in [1.54, 1.807) is 12.1 Å². The molecule has 0 heterocycles. The van der Waals surface area contributed by atoms with E-state index in [1.807, 2.05) is 66.7 Å². The molecule has 0 atom stereocenters. The van der Waals surface area contributed by atoms with Crippen molar-refractivity contribution in [3.63, 3.8) is 0 Å². The fraction of sp³-hybridized carbons (Fsp3) is 0.143. The van der Waals surface area contributed by atoms with Crippen molar-refractivity contribution in [1.82, 2.24) is 0 Å². The lowest BCUT2D eigenvalue weighted by molar-refractivity contribution is 0.302. The van der Waals surface area contributed by atoms with Crippen molar-refractivity contribution in [2.45, 2.75) is 13.0 Å². The molecule has 126 valence electrons. The number of ether oxygens (including phenoxy) is 2. The highest BCUT2D eigenvalue weighted by atomic mass is 16.5. The normalized spacial score (nSPS) is 10.2. The van der Waals surface area contributed by atoms with Crippen LogP contribution in [0.1, 0.15) is 11.1 Å². The molecule has 0 amide bonds. The smallest absolute Gasteiger partial charge is 0.120 e. The third kappa shape index (κ3) is 4.91. The summed E-state index contributed by atoms with van der Waals surface area (Å²) >= 11 is 0. The van der Waals surface area contributed by atoms with Crippen LogP contribution in [0.2, 0.25) is 0 Å². The Hall–Kier alpha value is -3.14. The van der Waals surface area contributed by atoms with E-state index in [4.69, 9.17) is 9.47 Å². The molecule has 0 aliphatic rings. The van der Waals surface area contributed by atoms with Crippen LogP contribution in [0.15, 0.2) is 84.0 Å². The van der Waals surface area contributed by atoms with E-state index >= 15 is 0 Å². The van der Waals surface area contributed by atoms with Gasteiger partial charge in [-0.15, -0.1) is 4.91 Å². The van der Waals surface area contributed by atoms with Crippen molar-refractivity contribution in [3.8, 4) is 11.5 Å². The molecule has 0 spiro atoms. The Morgan fingerprint density at radius 1 is 0.720 bits per heavy atom. The van der Waals surface area contributed by atoms with Crippen LogP contribution in [0.3, 0.4) is 0 Å². The highest BCUT2D eigenvalue weighted by Gasteiger charge is 2.03. The molecule has 0 aromatic heterocycles. The van der Waals surface area contributed by atoms with Crippen LogP contribution in [-0.4, -0.2) is 6.61 Å². The van der Waals surface area contributed by atoms with Gasteiger partial charge in [-0.2, -0.15) is 0 Å². The standard InChI is InChI=1S/C21H19NO3/c23-22-21-9-5-4-8-18(21)14-15-24-19-10-12-20(13-11-19)25-16-17-6-2-1-3-7-17/h1-13H,14-16H2. The molecule has 3 rings (SSSR count). The summed E-state index contributed by atoms with van der Waals surface area (Å²) in [7, 11) is 0. The SMILES string of the molecule is O=Nc1ccccc1CCOc1ccc(OCc2ccccc2)cc1. The highest BCUT2D eigenvalue weighted by molar-refractivity contribution is 5.45. The summed E-state index contributed by atoms with van der Waals surface area (Å²) in [5.41, 5.74) is 2.49. The zero-order valence-electron chi connectivity index (χ0n) is 13.8. The van der Waals surface area contributed by atoms with Crippen molar-refractivity contribution in [2.75, 3.05) is 6.61 Å². The first-order valence-electron chi connectivity index (χ1n) is 8.16. The van der Waals surface area contributed by atoms with E-state index in [-0.39, 0.29) is 0 Å². The van der Waals surface area contributed by atoms with Crippen LogP contribution < -0.4 is 9.47 Å². The molecule has 3 aromatic rings. The zero-order chi connectivity index (χ0) is 17.3. The van der Waals surface area contributed by atoms with Gasteiger partial charge in [-0.1, -0.05) is 48.5 Å². The highest BCUT2D eigenvalue weighted by Crippen LogP contribution is 2.21. The van der Waals surface area contributed by atoms with Gasteiger partial charge in [0.2, 0.25) is 0 Å². The molecule has 0 fully saturated rings. The quantitative estimate of drug-likeness (QED) is 0.527. The third-order valence-electron chi connectivity index (χ3n) is 3.80. The minimum absolute atomic E-state index is 0.468. The molecule has 0 saturated carbocycles. The maximum atomic E-state index is 10.8. The predicted molar refractivity (Wildman–Crippen MR) is 98.3 cm³/mol. The monoisotopic (exact) mass is 333 g/mol. The maximum Gasteiger partial charge on any atom is 0.120 e. The lowest BCUT2D eigenvalue weighted by atomic mass is 10.1. The van der Waals surface area contributed by atoms with Gasteiger partial charge in [-0.05, 0) is 46.6 Å². The van der Waals surface area contributed by atoms with Crippen molar-refractivity contribution < 1.29 is 9.47 Å². The van der Waals surface area contributed by atoms with E-state index in [9.17, 15) is 4.91 Å². The Balaban J connectivity index is 1.48. The Kier molecular flexibility index (Phi) is 5.77. The molecular weight excluding hydrogens is 314 g/mol. The van der Waals surface area contributed by atoms with E-state index in [2.05, 4.69) is 5.18 Å². The van der Waals surface area contributed by atoms with Crippen LogP contribution in [-0.2, 0) is 13.0 Å². The largest absolute Gasteiger partial charge is 0.493 e. The van der Waals surface area contributed by atoms with Crippen LogP contribution >= 0.6 is 0 Å². The van der Waals surface area contributed by atoms with Crippen molar-refractivity contribution in [2.24, 2.45) is 5.18 Å². The Bertz CT molecular complexity index is 801. The fourth-order valence-electron chi connectivity index (χ4n) is 2.46. The van der Waals surface area contributed by atoms with Crippen LogP contribution in [0.4, 0.5) is 5.69 Å². The number of hydrogen-bond acceptors (Lipinski definition) is 4. The van der Waals surface area contributed by atoms with E-state index in [1.165, 1.54) is 0 Å². The van der Waals surface area contributed by atoms with Gasteiger partial charge in [0, 0.05) is 6.42 Å². The molecule has 0 saturated heterocycles. The van der Waals surface area contributed by atoms with Crippen LogP contribution in [0, 0.1) is 4.91 Å². The molecule has 0 bridgehead atoms. The predicted octanol–water partition coefficient (Wildman–Crippen LogP) is 5.29. The van der Waals surface area contributed by atoms with Gasteiger partial charge in [-0.3, -0.25) is 0 Å². The van der Waals surface area contributed by atoms with Crippen LogP contribution in [0.25, 0.3) is 0 Å². The van der Waals surface area contributed by atoms with Gasteiger partial charge in [0.1, 0.15) is 23.8 Å². The summed E-state index contributed by atoms with van der Waals surface area (Å²) in [5, 5.41) is 3.03. The molecular formula is C21H19NO3. The lowest BCUT2D eigenvalue weighted by Crippen LogP contribution is -2.01. The zero-order valence-corrected chi connectivity index (χ0v) is 13.8. The van der Waals surface area contributed by atoms with Crippen molar-refractivity contribution >= 4 is 5.69 Å². The molecule has 0 unspecified atom stereocenters.